The van der Waals surface area contributed by atoms with Gasteiger partial charge in [0.25, 0.3) is 0 Å². The highest BCUT2D eigenvalue weighted by molar-refractivity contribution is 5.56. The van der Waals surface area contributed by atoms with Crippen molar-refractivity contribution in [3.63, 3.8) is 0 Å². The first-order valence-electron chi connectivity index (χ1n) is 6.97. The summed E-state index contributed by atoms with van der Waals surface area (Å²) in [4.78, 5) is 2.43. The molecule has 1 atom stereocenters. The number of likely N-dealkylation sites (tertiary alicyclic amines) is 1. The second kappa shape index (κ2) is 6.64. The van der Waals surface area contributed by atoms with Gasteiger partial charge >= 0.3 is 0 Å². The van der Waals surface area contributed by atoms with Gasteiger partial charge in [0.2, 0.25) is 0 Å². The molecule has 1 aromatic carbocycles. The van der Waals surface area contributed by atoms with Crippen LogP contribution < -0.4 is 10.1 Å². The van der Waals surface area contributed by atoms with Gasteiger partial charge in [0, 0.05) is 12.6 Å². The first-order chi connectivity index (χ1) is 8.81. The summed E-state index contributed by atoms with van der Waals surface area (Å²) in [6.45, 7) is 5.13. The van der Waals surface area contributed by atoms with Gasteiger partial charge in [-0.05, 0) is 45.0 Å². The fourth-order valence-electron chi connectivity index (χ4n) is 2.42. The van der Waals surface area contributed by atoms with E-state index in [1.54, 1.807) is 0 Å². The fraction of sp³-hybridized carbons (Fsp3) is 0.600. The average Bonchev–Trinajstić information content (AvgIpc) is 2.80. The lowest BCUT2D eigenvalue weighted by atomic mass is 10.2. The van der Waals surface area contributed by atoms with E-state index in [2.05, 4.69) is 36.3 Å². The average molecular weight is 248 g/mol. The van der Waals surface area contributed by atoms with Crippen LogP contribution in [0.1, 0.15) is 26.2 Å². The van der Waals surface area contributed by atoms with E-state index in [0.717, 1.165) is 31.0 Å². The molecular weight excluding hydrogens is 224 g/mol. The summed E-state index contributed by atoms with van der Waals surface area (Å²) < 4.78 is 5.75. The van der Waals surface area contributed by atoms with E-state index in [9.17, 15) is 0 Å². The molecular formula is C15H24N2O. The molecule has 1 saturated heterocycles. The number of rotatable bonds is 6. The third-order valence-electron chi connectivity index (χ3n) is 3.55. The molecule has 1 fully saturated rings. The maximum absolute atomic E-state index is 5.75. The van der Waals surface area contributed by atoms with E-state index in [4.69, 9.17) is 4.74 Å². The number of hydrogen-bond donors (Lipinski definition) is 1. The Bertz CT molecular complexity index is 367. The molecule has 1 aliphatic heterocycles. The lowest BCUT2D eigenvalue weighted by Crippen LogP contribution is -2.31. The summed E-state index contributed by atoms with van der Waals surface area (Å²) in [5.41, 5.74) is 1.12. The molecule has 1 aliphatic rings. The van der Waals surface area contributed by atoms with Crippen LogP contribution >= 0.6 is 0 Å². The molecule has 0 aliphatic carbocycles. The number of likely N-dealkylation sites (N-methyl/N-ethyl adjacent to an activating group) is 1. The predicted octanol–water partition coefficient (Wildman–Crippen LogP) is 2.98. The first-order valence-corrected chi connectivity index (χ1v) is 6.97. The molecule has 0 spiro atoms. The molecule has 0 bridgehead atoms. The van der Waals surface area contributed by atoms with Gasteiger partial charge in [-0.2, -0.15) is 0 Å². The van der Waals surface area contributed by atoms with Gasteiger partial charge in [-0.3, -0.25) is 0 Å². The smallest absolute Gasteiger partial charge is 0.142 e. The van der Waals surface area contributed by atoms with Crippen molar-refractivity contribution in [1.82, 2.24) is 4.90 Å². The topological polar surface area (TPSA) is 24.5 Å². The Morgan fingerprint density at radius 3 is 2.94 bits per heavy atom. The van der Waals surface area contributed by atoms with E-state index in [-0.39, 0.29) is 0 Å². The number of ether oxygens (including phenoxy) is 1. The Balaban J connectivity index is 1.91. The molecule has 3 nitrogen and oxygen atoms in total. The number of hydrogen-bond acceptors (Lipinski definition) is 3. The van der Waals surface area contributed by atoms with Gasteiger partial charge in [0.15, 0.2) is 0 Å². The third-order valence-corrected chi connectivity index (χ3v) is 3.55. The zero-order valence-electron chi connectivity index (χ0n) is 11.5. The summed E-state index contributed by atoms with van der Waals surface area (Å²) in [5, 5.41) is 3.53. The van der Waals surface area contributed by atoms with Crippen LogP contribution in [0.5, 0.6) is 5.75 Å². The Labute approximate surface area is 110 Å². The molecule has 0 amide bonds. The van der Waals surface area contributed by atoms with Crippen molar-refractivity contribution in [3.05, 3.63) is 24.3 Å². The van der Waals surface area contributed by atoms with Gasteiger partial charge in [-0.25, -0.2) is 0 Å². The SMILES string of the molecule is CCCOc1ccccc1NCC1CCCN1C. The summed E-state index contributed by atoms with van der Waals surface area (Å²) >= 11 is 0. The fourth-order valence-corrected chi connectivity index (χ4v) is 2.42. The summed E-state index contributed by atoms with van der Waals surface area (Å²) in [5.74, 6) is 0.972. The van der Waals surface area contributed by atoms with Crippen molar-refractivity contribution in [2.75, 3.05) is 32.1 Å². The van der Waals surface area contributed by atoms with E-state index < -0.39 is 0 Å². The van der Waals surface area contributed by atoms with Crippen molar-refractivity contribution in [1.29, 1.82) is 0 Å². The largest absolute Gasteiger partial charge is 0.491 e. The van der Waals surface area contributed by atoms with Crippen LogP contribution in [-0.4, -0.2) is 37.7 Å². The van der Waals surface area contributed by atoms with Crippen LogP contribution in [0.2, 0.25) is 0 Å². The Morgan fingerprint density at radius 2 is 2.22 bits per heavy atom. The van der Waals surface area contributed by atoms with Gasteiger partial charge in [0.1, 0.15) is 5.75 Å². The third kappa shape index (κ3) is 3.39. The highest BCUT2D eigenvalue weighted by Crippen LogP contribution is 2.25. The maximum atomic E-state index is 5.75. The number of benzene rings is 1. The zero-order valence-corrected chi connectivity index (χ0v) is 11.5. The van der Waals surface area contributed by atoms with Gasteiger partial charge < -0.3 is 15.0 Å². The van der Waals surface area contributed by atoms with E-state index >= 15 is 0 Å². The monoisotopic (exact) mass is 248 g/mol. The quantitative estimate of drug-likeness (QED) is 0.837. The van der Waals surface area contributed by atoms with Crippen LogP contribution in [0.4, 0.5) is 5.69 Å². The predicted molar refractivity (Wildman–Crippen MR) is 76.4 cm³/mol. The maximum Gasteiger partial charge on any atom is 0.142 e. The van der Waals surface area contributed by atoms with Crippen molar-refractivity contribution < 1.29 is 4.74 Å². The second-order valence-electron chi connectivity index (χ2n) is 5.00. The Hall–Kier alpha value is -1.22. The standard InChI is InChI=1S/C15H24N2O/c1-3-11-18-15-9-5-4-8-14(15)16-12-13-7-6-10-17(13)2/h4-5,8-9,13,16H,3,6-7,10-12H2,1-2H3. The van der Waals surface area contributed by atoms with Crippen LogP contribution in [0.3, 0.4) is 0 Å². The highest BCUT2D eigenvalue weighted by atomic mass is 16.5. The van der Waals surface area contributed by atoms with Crippen LogP contribution in [0.25, 0.3) is 0 Å². The number of nitrogens with zero attached hydrogens (tertiary/aromatic N) is 1. The Kier molecular flexibility index (Phi) is 4.88. The molecule has 1 N–H and O–H groups in total. The lowest BCUT2D eigenvalue weighted by molar-refractivity contribution is 0.314. The summed E-state index contributed by atoms with van der Waals surface area (Å²) in [6, 6.07) is 8.87. The highest BCUT2D eigenvalue weighted by Gasteiger charge is 2.20. The molecule has 0 radical (unpaired) electrons. The Morgan fingerprint density at radius 1 is 1.39 bits per heavy atom. The first kappa shape index (κ1) is 13.2. The van der Waals surface area contributed by atoms with Crippen molar-refractivity contribution in [2.45, 2.75) is 32.2 Å². The minimum absolute atomic E-state index is 0.657. The molecule has 18 heavy (non-hydrogen) atoms. The van der Waals surface area contributed by atoms with Crippen LogP contribution in [0, 0.1) is 0 Å². The number of para-hydroxylation sites is 2. The van der Waals surface area contributed by atoms with Gasteiger partial charge in [-0.1, -0.05) is 19.1 Å². The minimum atomic E-state index is 0.657. The molecule has 1 unspecified atom stereocenters. The van der Waals surface area contributed by atoms with E-state index in [1.165, 1.54) is 19.4 Å². The molecule has 1 heterocycles. The van der Waals surface area contributed by atoms with Crippen LogP contribution in [0.15, 0.2) is 24.3 Å². The molecule has 100 valence electrons. The van der Waals surface area contributed by atoms with E-state index in [0.29, 0.717) is 6.04 Å². The summed E-state index contributed by atoms with van der Waals surface area (Å²) in [7, 11) is 2.21. The zero-order chi connectivity index (χ0) is 12.8. The molecule has 1 aromatic rings. The van der Waals surface area contributed by atoms with Crippen molar-refractivity contribution in [3.8, 4) is 5.75 Å². The van der Waals surface area contributed by atoms with Crippen LogP contribution in [-0.2, 0) is 0 Å². The van der Waals surface area contributed by atoms with Crippen molar-refractivity contribution >= 4 is 5.69 Å². The summed E-state index contributed by atoms with van der Waals surface area (Å²) in [6.07, 6.45) is 3.65. The van der Waals surface area contributed by atoms with Crippen molar-refractivity contribution in [2.24, 2.45) is 0 Å². The second-order valence-corrected chi connectivity index (χ2v) is 5.00. The molecule has 0 aromatic heterocycles. The van der Waals surface area contributed by atoms with Gasteiger partial charge in [0.05, 0.1) is 12.3 Å². The number of nitrogens with one attached hydrogen (secondary N) is 1. The molecule has 2 rings (SSSR count). The minimum Gasteiger partial charge on any atom is -0.491 e. The van der Waals surface area contributed by atoms with Gasteiger partial charge in [-0.15, -0.1) is 0 Å². The normalized spacial score (nSPS) is 20.0. The lowest BCUT2D eigenvalue weighted by Gasteiger charge is -2.21. The molecule has 3 heteroatoms. The molecule has 0 saturated carbocycles. The van der Waals surface area contributed by atoms with E-state index in [1.807, 2.05) is 12.1 Å². The number of anilines is 1.